The second-order valence-electron chi connectivity index (χ2n) is 7.28. The Bertz CT molecular complexity index is 1080. The number of carbonyl (C=O) groups excluding carboxylic acids is 2. The minimum atomic E-state index is -0.694. The summed E-state index contributed by atoms with van der Waals surface area (Å²) in [5, 5.41) is 11.0. The Kier molecular flexibility index (Phi) is 4.80. The highest BCUT2D eigenvalue weighted by atomic mass is 16.3. The molecule has 3 aromatic rings. The number of amides is 1. The molecule has 0 radical (unpaired) electrons. The second-order valence-corrected chi connectivity index (χ2v) is 7.28. The van der Waals surface area contributed by atoms with Crippen molar-refractivity contribution in [2.75, 3.05) is 0 Å². The molecule has 1 unspecified atom stereocenters. The largest absolute Gasteiger partial charge is 0.507 e. The molecule has 5 nitrogen and oxygen atoms in total. The first-order valence-corrected chi connectivity index (χ1v) is 9.40. The number of hydrogen-bond donors (Lipinski definition) is 1. The normalized spacial score (nSPS) is 18.4. The lowest BCUT2D eigenvalue weighted by Gasteiger charge is -2.24. The molecular formula is C24H21NO4. The van der Waals surface area contributed by atoms with Crippen molar-refractivity contribution in [2.24, 2.45) is 0 Å². The maximum absolute atomic E-state index is 12.9. The van der Waals surface area contributed by atoms with Gasteiger partial charge in [-0.2, -0.15) is 0 Å². The monoisotopic (exact) mass is 387 g/mol. The summed E-state index contributed by atoms with van der Waals surface area (Å²) in [6.45, 7) is 4.05. The fourth-order valence-electron chi connectivity index (χ4n) is 3.58. The third kappa shape index (κ3) is 3.47. The van der Waals surface area contributed by atoms with Crippen LogP contribution in [0.5, 0.6) is 0 Å². The fourth-order valence-corrected chi connectivity index (χ4v) is 3.58. The molecule has 1 amide bonds. The van der Waals surface area contributed by atoms with E-state index in [1.807, 2.05) is 50.2 Å². The molecule has 1 atom stereocenters. The highest BCUT2D eigenvalue weighted by molar-refractivity contribution is 6.46. The number of aliphatic hydroxyl groups is 1. The van der Waals surface area contributed by atoms with Gasteiger partial charge >= 0.3 is 0 Å². The molecule has 1 aliphatic heterocycles. The van der Waals surface area contributed by atoms with E-state index in [2.05, 4.69) is 0 Å². The smallest absolute Gasteiger partial charge is 0.296 e. The number of benzene rings is 2. The maximum Gasteiger partial charge on any atom is 0.296 e. The van der Waals surface area contributed by atoms with Crippen molar-refractivity contribution in [2.45, 2.75) is 26.4 Å². The first-order valence-electron chi connectivity index (χ1n) is 9.40. The summed E-state index contributed by atoms with van der Waals surface area (Å²) in [5.74, 6) is -0.948. The predicted molar refractivity (Wildman–Crippen MR) is 109 cm³/mol. The zero-order valence-corrected chi connectivity index (χ0v) is 16.3. The van der Waals surface area contributed by atoms with E-state index >= 15 is 0 Å². The lowest BCUT2D eigenvalue weighted by atomic mass is 9.94. The number of aliphatic hydroxyl groups excluding tert-OH is 1. The van der Waals surface area contributed by atoms with Crippen molar-refractivity contribution in [3.63, 3.8) is 0 Å². The molecule has 29 heavy (non-hydrogen) atoms. The van der Waals surface area contributed by atoms with Crippen molar-refractivity contribution < 1.29 is 19.1 Å². The number of Topliss-reactive ketones (excluding diaryl/α,β-unsaturated/α-hetero) is 1. The van der Waals surface area contributed by atoms with Gasteiger partial charge in [0.15, 0.2) is 0 Å². The van der Waals surface area contributed by atoms with Gasteiger partial charge in [0.05, 0.1) is 24.4 Å². The number of rotatable bonds is 4. The summed E-state index contributed by atoms with van der Waals surface area (Å²) < 4.78 is 5.39. The van der Waals surface area contributed by atoms with Crippen molar-refractivity contribution in [3.05, 3.63) is 101 Å². The van der Waals surface area contributed by atoms with E-state index < -0.39 is 17.7 Å². The van der Waals surface area contributed by atoms with Gasteiger partial charge in [-0.1, -0.05) is 59.7 Å². The van der Waals surface area contributed by atoms with Crippen LogP contribution in [-0.2, 0) is 16.1 Å². The van der Waals surface area contributed by atoms with Crippen LogP contribution < -0.4 is 0 Å². The molecule has 5 heteroatoms. The van der Waals surface area contributed by atoms with Crippen molar-refractivity contribution in [1.82, 2.24) is 4.90 Å². The molecule has 1 aromatic heterocycles. The Labute approximate surface area is 168 Å². The van der Waals surface area contributed by atoms with E-state index in [4.69, 9.17) is 4.42 Å². The number of nitrogens with zero attached hydrogens (tertiary/aromatic N) is 1. The van der Waals surface area contributed by atoms with Gasteiger partial charge < -0.3 is 14.4 Å². The summed E-state index contributed by atoms with van der Waals surface area (Å²) in [5.41, 5.74) is 3.46. The van der Waals surface area contributed by atoms with E-state index in [0.29, 0.717) is 11.3 Å². The Hall–Kier alpha value is -3.60. The molecule has 0 aliphatic carbocycles. The van der Waals surface area contributed by atoms with Crippen LogP contribution in [0.15, 0.2) is 76.9 Å². The summed E-state index contributed by atoms with van der Waals surface area (Å²) in [4.78, 5) is 27.3. The van der Waals surface area contributed by atoms with Crippen molar-refractivity contribution >= 4 is 17.4 Å². The standard InChI is InChI=1S/C24H21NO4/c1-15-5-9-17(10-6-15)21-20(22(26)18-11-7-16(2)8-12-18)23(27)24(28)25(21)14-19-4-3-13-29-19/h3-13,21,26H,14H2,1-2H3/b22-20+. The zero-order valence-electron chi connectivity index (χ0n) is 16.3. The third-order valence-corrected chi connectivity index (χ3v) is 5.16. The van der Waals surface area contributed by atoms with Crippen LogP contribution in [0.1, 0.15) is 34.1 Å². The van der Waals surface area contributed by atoms with Gasteiger partial charge in [0.25, 0.3) is 11.7 Å². The highest BCUT2D eigenvalue weighted by Gasteiger charge is 2.46. The molecule has 1 fully saturated rings. The predicted octanol–water partition coefficient (Wildman–Crippen LogP) is 4.52. The van der Waals surface area contributed by atoms with Crippen molar-refractivity contribution in [1.29, 1.82) is 0 Å². The number of furan rings is 1. The van der Waals surface area contributed by atoms with E-state index in [1.54, 1.807) is 24.3 Å². The quantitative estimate of drug-likeness (QED) is 0.406. The number of carbonyl (C=O) groups is 2. The van der Waals surface area contributed by atoms with Crippen LogP contribution in [0, 0.1) is 13.8 Å². The van der Waals surface area contributed by atoms with Crippen LogP contribution in [0.25, 0.3) is 5.76 Å². The summed E-state index contributed by atoms with van der Waals surface area (Å²) in [6.07, 6.45) is 1.53. The van der Waals surface area contributed by atoms with Gasteiger partial charge in [0, 0.05) is 5.56 Å². The van der Waals surface area contributed by atoms with Gasteiger partial charge in [-0.25, -0.2) is 0 Å². The number of ketones is 1. The van der Waals surface area contributed by atoms with Gasteiger partial charge in [-0.05, 0) is 31.5 Å². The Morgan fingerprint density at radius 3 is 2.17 bits per heavy atom. The van der Waals surface area contributed by atoms with Crippen LogP contribution >= 0.6 is 0 Å². The lowest BCUT2D eigenvalue weighted by molar-refractivity contribution is -0.140. The number of hydrogen-bond acceptors (Lipinski definition) is 4. The van der Waals surface area contributed by atoms with Crippen LogP contribution in [0.3, 0.4) is 0 Å². The zero-order chi connectivity index (χ0) is 20.5. The van der Waals surface area contributed by atoms with Crippen LogP contribution in [-0.4, -0.2) is 21.7 Å². The van der Waals surface area contributed by atoms with E-state index in [0.717, 1.165) is 16.7 Å². The third-order valence-electron chi connectivity index (χ3n) is 5.16. The van der Waals surface area contributed by atoms with Crippen LogP contribution in [0.2, 0.25) is 0 Å². The molecule has 1 saturated heterocycles. The summed E-state index contributed by atoms with van der Waals surface area (Å²) >= 11 is 0. The molecule has 0 bridgehead atoms. The summed E-state index contributed by atoms with van der Waals surface area (Å²) in [6, 6.07) is 17.6. The average Bonchev–Trinajstić information content (AvgIpc) is 3.31. The molecule has 2 aromatic carbocycles. The maximum atomic E-state index is 12.9. The number of likely N-dealkylation sites (tertiary alicyclic amines) is 1. The first-order chi connectivity index (χ1) is 14.0. The van der Waals surface area contributed by atoms with E-state index in [-0.39, 0.29) is 17.9 Å². The molecule has 0 saturated carbocycles. The molecule has 0 spiro atoms. The summed E-state index contributed by atoms with van der Waals surface area (Å²) in [7, 11) is 0. The Morgan fingerprint density at radius 1 is 0.966 bits per heavy atom. The molecule has 4 rings (SSSR count). The average molecular weight is 387 g/mol. The SMILES string of the molecule is Cc1ccc(/C(O)=C2\C(=O)C(=O)N(Cc3ccco3)C2c2ccc(C)cc2)cc1. The van der Waals surface area contributed by atoms with E-state index in [9.17, 15) is 14.7 Å². The van der Waals surface area contributed by atoms with Crippen LogP contribution in [0.4, 0.5) is 0 Å². The Morgan fingerprint density at radius 2 is 1.59 bits per heavy atom. The Balaban J connectivity index is 1.86. The molecule has 2 heterocycles. The second kappa shape index (κ2) is 7.43. The van der Waals surface area contributed by atoms with Gasteiger partial charge in [0.2, 0.25) is 0 Å². The first kappa shape index (κ1) is 18.7. The molecule has 146 valence electrons. The molecular weight excluding hydrogens is 366 g/mol. The van der Waals surface area contributed by atoms with Gasteiger partial charge in [0.1, 0.15) is 11.5 Å². The van der Waals surface area contributed by atoms with Gasteiger partial charge in [-0.15, -0.1) is 0 Å². The minimum absolute atomic E-state index is 0.0919. The highest BCUT2D eigenvalue weighted by Crippen LogP contribution is 2.40. The topological polar surface area (TPSA) is 70.8 Å². The fraction of sp³-hybridized carbons (Fsp3) is 0.167. The minimum Gasteiger partial charge on any atom is -0.507 e. The van der Waals surface area contributed by atoms with Gasteiger partial charge in [-0.3, -0.25) is 9.59 Å². The van der Waals surface area contributed by atoms with E-state index in [1.165, 1.54) is 11.2 Å². The molecule has 1 aliphatic rings. The molecule has 1 N–H and O–H groups in total. The number of aryl methyl sites for hydroxylation is 2. The van der Waals surface area contributed by atoms with Crippen molar-refractivity contribution in [3.8, 4) is 0 Å². The lowest BCUT2D eigenvalue weighted by Crippen LogP contribution is -2.29.